The van der Waals surface area contributed by atoms with Crippen molar-refractivity contribution in [3.63, 3.8) is 0 Å². The van der Waals surface area contributed by atoms with Crippen LogP contribution in [-0.2, 0) is 20.8 Å². The predicted octanol–water partition coefficient (Wildman–Crippen LogP) is 1.07. The van der Waals surface area contributed by atoms with Gasteiger partial charge in [-0.3, -0.25) is 25.0 Å². The number of amides is 2. The van der Waals surface area contributed by atoms with E-state index in [0.717, 1.165) is 23.5 Å². The van der Waals surface area contributed by atoms with Crippen molar-refractivity contribution < 1.29 is 33.6 Å². The highest BCUT2D eigenvalue weighted by Gasteiger charge is 2.45. The Labute approximate surface area is 222 Å². The molecule has 2 aliphatic heterocycles. The number of ketones is 1. The maximum absolute atomic E-state index is 14.0. The van der Waals surface area contributed by atoms with Gasteiger partial charge < -0.3 is 14.9 Å². The van der Waals surface area contributed by atoms with E-state index in [1.54, 1.807) is 16.8 Å². The number of aromatic nitrogens is 2. The molecule has 1 saturated heterocycles. The van der Waals surface area contributed by atoms with E-state index in [-0.39, 0.29) is 34.2 Å². The molecule has 4 N–H and O–H groups in total. The Balaban J connectivity index is 1.51. The van der Waals surface area contributed by atoms with Crippen molar-refractivity contribution in [2.75, 3.05) is 26.7 Å². The molecule has 202 valence electrons. The van der Waals surface area contributed by atoms with Crippen molar-refractivity contribution in [1.82, 2.24) is 25.3 Å². The van der Waals surface area contributed by atoms with Crippen LogP contribution >= 0.6 is 11.3 Å². The van der Waals surface area contributed by atoms with Gasteiger partial charge in [-0.25, -0.2) is 8.78 Å². The smallest absolute Gasteiger partial charge is 0.313 e. The number of nitrogens with one attached hydrogen (secondary N) is 1. The molecule has 0 bridgehead atoms. The molecular weight excluding hydrogens is 518 g/mol. The lowest BCUT2D eigenvalue weighted by atomic mass is 9.93. The van der Waals surface area contributed by atoms with E-state index in [4.69, 9.17) is 0 Å². The lowest BCUT2D eigenvalue weighted by molar-refractivity contribution is -0.531. The summed E-state index contributed by atoms with van der Waals surface area (Å²) in [6.07, 6.45) is 2.46. The first kappa shape index (κ1) is 27.5. The molecule has 0 spiro atoms. The molecule has 0 radical (unpaired) electrons. The summed E-state index contributed by atoms with van der Waals surface area (Å²) < 4.78 is 27.2. The Morgan fingerprint density at radius 1 is 1.26 bits per heavy atom. The Morgan fingerprint density at radius 2 is 1.97 bits per heavy atom. The van der Waals surface area contributed by atoms with E-state index in [9.17, 15) is 28.3 Å². The van der Waals surface area contributed by atoms with Crippen molar-refractivity contribution in [3.05, 3.63) is 63.1 Å². The molecule has 1 fully saturated rings. The average molecular weight is 548 g/mol. The minimum atomic E-state index is -0.771. The molecule has 2 aliphatic rings. The number of aliphatic hydroxyl groups excluding tert-OH is 1. The number of nitrogens with zero attached hydrogens (tertiary/aromatic N) is 4. The molecule has 0 saturated carbocycles. The van der Waals surface area contributed by atoms with Gasteiger partial charge in [-0.2, -0.15) is 0 Å². The number of quaternary nitrogens is 1. The van der Waals surface area contributed by atoms with Crippen LogP contribution in [-0.4, -0.2) is 75.0 Å². The normalized spacial score (nSPS) is 17.4. The highest BCUT2D eigenvalue weighted by atomic mass is 32.1. The summed E-state index contributed by atoms with van der Waals surface area (Å²) in [6.45, 7) is 4.57. The van der Waals surface area contributed by atoms with Crippen LogP contribution in [0.25, 0.3) is 5.57 Å². The van der Waals surface area contributed by atoms with Gasteiger partial charge in [0.1, 0.15) is 28.4 Å². The third-order valence-corrected chi connectivity index (χ3v) is 7.95. The van der Waals surface area contributed by atoms with Gasteiger partial charge in [-0.15, -0.1) is 10.2 Å². The van der Waals surface area contributed by atoms with Crippen molar-refractivity contribution in [2.45, 2.75) is 38.8 Å². The number of hydrogen-bond acceptors (Lipinski definition) is 8. The number of benzene rings is 1. The molecule has 38 heavy (non-hydrogen) atoms. The van der Waals surface area contributed by atoms with E-state index in [1.165, 1.54) is 24.5 Å². The highest BCUT2D eigenvalue weighted by Crippen LogP contribution is 2.29. The minimum Gasteiger partial charge on any atom is -0.500 e. The van der Waals surface area contributed by atoms with Crippen LogP contribution in [0, 0.1) is 11.6 Å². The Bertz CT molecular complexity index is 1330. The van der Waals surface area contributed by atoms with Crippen LogP contribution in [0.3, 0.4) is 0 Å². The number of likely N-dealkylation sites (N-methyl/N-ethyl adjacent to an activating group) is 1. The van der Waals surface area contributed by atoms with E-state index < -0.39 is 34.7 Å². The highest BCUT2D eigenvalue weighted by molar-refractivity contribution is 7.12. The van der Waals surface area contributed by atoms with Crippen molar-refractivity contribution >= 4 is 34.5 Å². The molecule has 2 aromatic rings. The molecule has 0 aliphatic carbocycles. The monoisotopic (exact) mass is 547 g/mol. The number of carbonyl (C=O) groups is 3. The maximum Gasteiger partial charge on any atom is 0.313 e. The van der Waals surface area contributed by atoms with Crippen molar-refractivity contribution in [2.24, 2.45) is 0 Å². The fraction of sp³-hybridized carbons (Fsp3) is 0.400. The van der Waals surface area contributed by atoms with Gasteiger partial charge in [0.05, 0.1) is 5.66 Å². The van der Waals surface area contributed by atoms with Gasteiger partial charge in [-0.1, -0.05) is 17.4 Å². The number of rotatable bonds is 7. The third kappa shape index (κ3) is 5.22. The Morgan fingerprint density at radius 3 is 2.58 bits per heavy atom. The second-order valence-electron chi connectivity index (χ2n) is 9.09. The first-order valence-electron chi connectivity index (χ1n) is 12.2. The van der Waals surface area contributed by atoms with Crippen LogP contribution < -0.4 is 10.6 Å². The molecule has 2 amide bonds. The molecule has 1 aromatic heterocycles. The lowest BCUT2D eigenvalue weighted by Gasteiger charge is -2.48. The van der Waals surface area contributed by atoms with Crippen LogP contribution in [0.1, 0.15) is 42.3 Å². The number of allylic oxidation sites excluding steroid dienone is 1. The number of piperidine rings is 1. The zero-order valence-electron chi connectivity index (χ0n) is 21.3. The molecule has 3 heterocycles. The fourth-order valence-electron chi connectivity index (χ4n) is 4.81. The first-order chi connectivity index (χ1) is 18.1. The summed E-state index contributed by atoms with van der Waals surface area (Å²) in [5.41, 5.74) is -0.589. The lowest BCUT2D eigenvalue weighted by Crippen LogP contribution is -2.81. The van der Waals surface area contributed by atoms with Crippen LogP contribution in [0.4, 0.5) is 8.78 Å². The number of likely N-dealkylation sites (tertiary alicyclic amines) is 1. The summed E-state index contributed by atoms with van der Waals surface area (Å²) in [5.74, 6) is -3.40. The zero-order chi connectivity index (χ0) is 27.6. The van der Waals surface area contributed by atoms with Crippen LogP contribution in [0.2, 0.25) is 0 Å². The number of Topliss-reactive ketones (excluding diaryl/α,β-unsaturated/α-hetero) is 1. The second kappa shape index (κ2) is 11.1. The SMILES string of the molecule is CCN(C(=O)C1=C(O)C(=O)C(c2nnc(Cc3ccc(F)cc3F)s2)=C[NH2+]1)C1(NC)CCN(C(C)=O)CC1. The summed E-state index contributed by atoms with van der Waals surface area (Å²) in [4.78, 5) is 41.7. The molecule has 10 nitrogen and oxygen atoms in total. The van der Waals surface area contributed by atoms with Gasteiger partial charge >= 0.3 is 5.91 Å². The minimum absolute atomic E-state index is 0.0315. The quantitative estimate of drug-likeness (QED) is 0.442. The van der Waals surface area contributed by atoms with E-state index in [2.05, 4.69) is 15.5 Å². The van der Waals surface area contributed by atoms with Crippen LogP contribution in [0.15, 0.2) is 35.9 Å². The van der Waals surface area contributed by atoms with Gasteiger partial charge in [0.2, 0.25) is 23.1 Å². The van der Waals surface area contributed by atoms with Crippen LogP contribution in [0.5, 0.6) is 0 Å². The average Bonchev–Trinajstić information content (AvgIpc) is 3.36. The summed E-state index contributed by atoms with van der Waals surface area (Å²) in [6, 6.07) is 3.25. The molecule has 1 aromatic carbocycles. The van der Waals surface area contributed by atoms with E-state index in [0.29, 0.717) is 37.5 Å². The number of aliphatic hydroxyl groups is 1. The van der Waals surface area contributed by atoms with Gasteiger partial charge in [-0.05, 0) is 25.6 Å². The third-order valence-electron chi connectivity index (χ3n) is 7.00. The molecule has 0 unspecified atom stereocenters. The summed E-state index contributed by atoms with van der Waals surface area (Å²) in [5, 5.41) is 24.0. The standard InChI is InChI=1S/C25H28F2N6O4S/c1-4-33(25(28-3)7-9-32(10-8-25)14(2)34)24(37)20-22(36)21(35)17(13-29-20)23-31-30-19(38-23)11-15-5-6-16(26)12-18(15)27/h5-6,12-13,28,36H,4,7-11H2,1-3H3,(H,29,35)/p+1. The summed E-state index contributed by atoms with van der Waals surface area (Å²) >= 11 is 1.04. The predicted molar refractivity (Wildman–Crippen MR) is 134 cm³/mol. The molecule has 0 atom stereocenters. The number of hydrogen-bond donors (Lipinski definition) is 3. The first-order valence-corrected chi connectivity index (χ1v) is 13.0. The van der Waals surface area contributed by atoms with E-state index in [1.807, 2.05) is 6.92 Å². The van der Waals surface area contributed by atoms with E-state index >= 15 is 0 Å². The number of halogens is 2. The fourth-order valence-corrected chi connectivity index (χ4v) is 5.69. The zero-order valence-corrected chi connectivity index (χ0v) is 22.1. The molecule has 13 heteroatoms. The summed E-state index contributed by atoms with van der Waals surface area (Å²) in [7, 11) is 1.74. The maximum atomic E-state index is 14.0. The Kier molecular flexibility index (Phi) is 7.99. The van der Waals surface area contributed by atoms with Crippen molar-refractivity contribution in [3.8, 4) is 0 Å². The van der Waals surface area contributed by atoms with Gasteiger partial charge in [0.15, 0.2) is 5.01 Å². The largest absolute Gasteiger partial charge is 0.500 e. The number of nitrogens with two attached hydrogens (primary N) is 1. The van der Waals surface area contributed by atoms with Gasteiger partial charge in [0.25, 0.3) is 0 Å². The van der Waals surface area contributed by atoms with Crippen molar-refractivity contribution in [1.29, 1.82) is 0 Å². The molecular formula is C25H29F2N6O4S+. The number of carbonyl (C=O) groups excluding carboxylic acids is 3. The van der Waals surface area contributed by atoms with Gasteiger partial charge in [0, 0.05) is 51.9 Å². The topological polar surface area (TPSA) is 132 Å². The Hall–Kier alpha value is -3.55. The second-order valence-corrected chi connectivity index (χ2v) is 10.2. The molecule has 4 rings (SSSR count).